The SMILES string of the molecule is CCCCc1nnc(NC(=O)CNC(=O)Cc2ccccc2)s1. The van der Waals surface area contributed by atoms with Crippen LogP contribution >= 0.6 is 11.3 Å². The molecular formula is C16H20N4O2S. The zero-order valence-electron chi connectivity index (χ0n) is 13.0. The van der Waals surface area contributed by atoms with Gasteiger partial charge in [0.25, 0.3) is 0 Å². The van der Waals surface area contributed by atoms with Gasteiger partial charge in [-0.3, -0.25) is 14.9 Å². The van der Waals surface area contributed by atoms with E-state index in [-0.39, 0.29) is 24.8 Å². The van der Waals surface area contributed by atoms with E-state index in [1.54, 1.807) is 0 Å². The van der Waals surface area contributed by atoms with Crippen LogP contribution in [-0.2, 0) is 22.4 Å². The van der Waals surface area contributed by atoms with Crippen molar-refractivity contribution in [3.8, 4) is 0 Å². The minimum atomic E-state index is -0.301. The summed E-state index contributed by atoms with van der Waals surface area (Å²) in [5.41, 5.74) is 0.912. The Morgan fingerprint density at radius 1 is 1.13 bits per heavy atom. The highest BCUT2D eigenvalue weighted by Gasteiger charge is 2.10. The van der Waals surface area contributed by atoms with Crippen LogP contribution in [-0.4, -0.2) is 28.6 Å². The molecule has 1 aromatic carbocycles. The van der Waals surface area contributed by atoms with Crippen LogP contribution in [0, 0.1) is 0 Å². The minimum absolute atomic E-state index is 0.0739. The number of unbranched alkanes of at least 4 members (excludes halogenated alkanes) is 1. The lowest BCUT2D eigenvalue weighted by Gasteiger charge is -2.04. The van der Waals surface area contributed by atoms with E-state index in [2.05, 4.69) is 27.8 Å². The van der Waals surface area contributed by atoms with E-state index < -0.39 is 0 Å². The average molecular weight is 332 g/mol. The fourth-order valence-corrected chi connectivity index (χ4v) is 2.72. The lowest BCUT2D eigenvalue weighted by Crippen LogP contribution is -2.33. The Balaban J connectivity index is 1.72. The molecule has 6 nitrogen and oxygen atoms in total. The fourth-order valence-electron chi connectivity index (χ4n) is 1.92. The Labute approximate surface area is 139 Å². The number of anilines is 1. The van der Waals surface area contributed by atoms with E-state index in [1.165, 1.54) is 11.3 Å². The van der Waals surface area contributed by atoms with Crippen LogP contribution in [0.3, 0.4) is 0 Å². The van der Waals surface area contributed by atoms with Crippen LogP contribution < -0.4 is 10.6 Å². The number of carbonyl (C=O) groups is 2. The van der Waals surface area contributed by atoms with Gasteiger partial charge in [0.1, 0.15) is 5.01 Å². The molecule has 0 radical (unpaired) electrons. The third kappa shape index (κ3) is 6.15. The van der Waals surface area contributed by atoms with Gasteiger partial charge in [0.15, 0.2) is 0 Å². The van der Waals surface area contributed by atoms with E-state index >= 15 is 0 Å². The van der Waals surface area contributed by atoms with Gasteiger partial charge >= 0.3 is 0 Å². The lowest BCUT2D eigenvalue weighted by molar-refractivity contribution is -0.123. The molecule has 2 aromatic rings. The summed E-state index contributed by atoms with van der Waals surface area (Å²) in [6.07, 6.45) is 3.28. The number of aromatic nitrogens is 2. The maximum Gasteiger partial charge on any atom is 0.245 e. The van der Waals surface area contributed by atoms with E-state index in [4.69, 9.17) is 0 Å². The van der Waals surface area contributed by atoms with E-state index in [1.807, 2.05) is 30.3 Å². The monoisotopic (exact) mass is 332 g/mol. The van der Waals surface area contributed by atoms with Crippen molar-refractivity contribution in [2.45, 2.75) is 32.6 Å². The second-order valence-corrected chi connectivity index (χ2v) is 6.15. The molecule has 0 saturated heterocycles. The van der Waals surface area contributed by atoms with Crippen molar-refractivity contribution >= 4 is 28.3 Å². The Kier molecular flexibility index (Phi) is 6.68. The van der Waals surface area contributed by atoms with Crippen molar-refractivity contribution in [1.82, 2.24) is 15.5 Å². The molecule has 1 heterocycles. The molecule has 122 valence electrons. The molecule has 0 spiro atoms. The van der Waals surface area contributed by atoms with Gasteiger partial charge < -0.3 is 5.32 Å². The summed E-state index contributed by atoms with van der Waals surface area (Å²) in [5, 5.41) is 14.6. The zero-order chi connectivity index (χ0) is 16.5. The summed E-state index contributed by atoms with van der Waals surface area (Å²) in [7, 11) is 0. The molecule has 0 saturated carbocycles. The van der Waals surface area contributed by atoms with Crippen LogP contribution in [0.2, 0.25) is 0 Å². The number of hydrogen-bond donors (Lipinski definition) is 2. The molecule has 2 rings (SSSR count). The molecule has 2 amide bonds. The van der Waals surface area contributed by atoms with Gasteiger partial charge in [0.05, 0.1) is 13.0 Å². The van der Waals surface area contributed by atoms with Gasteiger partial charge in [-0.1, -0.05) is 55.0 Å². The lowest BCUT2D eigenvalue weighted by atomic mass is 10.1. The smallest absolute Gasteiger partial charge is 0.245 e. The van der Waals surface area contributed by atoms with Crippen molar-refractivity contribution in [2.75, 3.05) is 11.9 Å². The number of nitrogens with zero attached hydrogens (tertiary/aromatic N) is 2. The van der Waals surface area contributed by atoms with Gasteiger partial charge in [-0.25, -0.2) is 0 Å². The summed E-state index contributed by atoms with van der Waals surface area (Å²) in [6, 6.07) is 9.39. The number of hydrogen-bond acceptors (Lipinski definition) is 5. The number of rotatable bonds is 8. The van der Waals surface area contributed by atoms with Crippen LogP contribution in [0.1, 0.15) is 30.3 Å². The van der Waals surface area contributed by atoms with Crippen molar-refractivity contribution < 1.29 is 9.59 Å². The van der Waals surface area contributed by atoms with Gasteiger partial charge in [0.2, 0.25) is 16.9 Å². The minimum Gasteiger partial charge on any atom is -0.347 e. The van der Waals surface area contributed by atoms with Crippen LogP contribution in [0.25, 0.3) is 0 Å². The maximum atomic E-state index is 11.8. The number of aryl methyl sites for hydroxylation is 1. The van der Waals surface area contributed by atoms with Gasteiger partial charge in [-0.2, -0.15) is 0 Å². The van der Waals surface area contributed by atoms with Crippen LogP contribution in [0.15, 0.2) is 30.3 Å². The molecule has 0 fully saturated rings. The van der Waals surface area contributed by atoms with Crippen molar-refractivity contribution in [3.05, 3.63) is 40.9 Å². The molecule has 1 aromatic heterocycles. The highest BCUT2D eigenvalue weighted by atomic mass is 32.1. The Morgan fingerprint density at radius 2 is 1.91 bits per heavy atom. The largest absolute Gasteiger partial charge is 0.347 e. The quantitative estimate of drug-likeness (QED) is 0.776. The van der Waals surface area contributed by atoms with Gasteiger partial charge in [0, 0.05) is 6.42 Å². The van der Waals surface area contributed by atoms with E-state index in [9.17, 15) is 9.59 Å². The maximum absolute atomic E-state index is 11.8. The normalized spacial score (nSPS) is 10.3. The number of amides is 2. The topological polar surface area (TPSA) is 84.0 Å². The van der Waals surface area contributed by atoms with Gasteiger partial charge in [-0.05, 0) is 12.0 Å². The molecule has 0 atom stereocenters. The summed E-state index contributed by atoms with van der Waals surface area (Å²) in [6.45, 7) is 2.04. The average Bonchev–Trinajstić information content (AvgIpc) is 2.99. The molecule has 0 aliphatic heterocycles. The summed E-state index contributed by atoms with van der Waals surface area (Å²) < 4.78 is 0. The predicted molar refractivity (Wildman–Crippen MR) is 90.3 cm³/mol. The Morgan fingerprint density at radius 3 is 2.65 bits per heavy atom. The number of carbonyl (C=O) groups excluding carboxylic acids is 2. The van der Waals surface area contributed by atoms with Crippen LogP contribution in [0.5, 0.6) is 0 Å². The summed E-state index contributed by atoms with van der Waals surface area (Å²) in [4.78, 5) is 23.6. The Hall–Kier alpha value is -2.28. The van der Waals surface area contributed by atoms with Crippen LogP contribution in [0.4, 0.5) is 5.13 Å². The molecule has 0 aliphatic carbocycles. The summed E-state index contributed by atoms with van der Waals surface area (Å²) in [5.74, 6) is -0.489. The van der Waals surface area contributed by atoms with E-state index in [0.29, 0.717) is 5.13 Å². The van der Waals surface area contributed by atoms with Crippen molar-refractivity contribution in [1.29, 1.82) is 0 Å². The van der Waals surface area contributed by atoms with Crippen molar-refractivity contribution in [3.63, 3.8) is 0 Å². The second kappa shape index (κ2) is 8.99. The highest BCUT2D eigenvalue weighted by molar-refractivity contribution is 7.15. The van der Waals surface area contributed by atoms with Gasteiger partial charge in [-0.15, -0.1) is 10.2 Å². The first-order valence-corrected chi connectivity index (χ1v) is 8.42. The molecule has 23 heavy (non-hydrogen) atoms. The number of benzene rings is 1. The highest BCUT2D eigenvalue weighted by Crippen LogP contribution is 2.16. The molecular weight excluding hydrogens is 312 g/mol. The molecule has 0 unspecified atom stereocenters. The predicted octanol–water partition coefficient (Wildman–Crippen LogP) is 2.18. The molecule has 0 aliphatic rings. The summed E-state index contributed by atoms with van der Waals surface area (Å²) >= 11 is 1.37. The first kappa shape index (κ1) is 17.1. The Bertz CT molecular complexity index is 643. The first-order valence-electron chi connectivity index (χ1n) is 7.60. The zero-order valence-corrected chi connectivity index (χ0v) is 13.9. The third-order valence-electron chi connectivity index (χ3n) is 3.11. The molecule has 0 bridgehead atoms. The standard InChI is InChI=1S/C16H20N4O2S/c1-2-3-9-15-19-20-16(23-15)18-14(22)11-17-13(21)10-12-7-5-4-6-8-12/h4-8H,2-3,9-11H2,1H3,(H,17,21)(H,18,20,22). The second-order valence-electron chi connectivity index (χ2n) is 5.09. The van der Waals surface area contributed by atoms with E-state index in [0.717, 1.165) is 29.8 Å². The first-order chi connectivity index (χ1) is 11.2. The number of nitrogens with one attached hydrogen (secondary N) is 2. The van der Waals surface area contributed by atoms with Crippen molar-refractivity contribution in [2.24, 2.45) is 0 Å². The third-order valence-corrected chi connectivity index (χ3v) is 4.01. The molecule has 2 N–H and O–H groups in total. The molecule has 7 heteroatoms. The fraction of sp³-hybridized carbons (Fsp3) is 0.375.